The predicted molar refractivity (Wildman–Crippen MR) is 108 cm³/mol. The maximum atomic E-state index is 12.0. The Balaban J connectivity index is 0.00000288. The highest BCUT2D eigenvalue weighted by atomic mass is 79.9. The molecule has 0 radical (unpaired) electrons. The van der Waals surface area contributed by atoms with E-state index < -0.39 is 0 Å². The van der Waals surface area contributed by atoms with Crippen LogP contribution in [0.1, 0.15) is 75.3 Å². The molecule has 0 amide bonds. The molecule has 0 atom stereocenters. The fraction of sp³-hybridized carbons (Fsp3) is 0.632. The van der Waals surface area contributed by atoms with Crippen LogP contribution in [0.15, 0.2) is 33.9 Å². The summed E-state index contributed by atoms with van der Waals surface area (Å²) in [4.78, 5) is 15.5. The summed E-state index contributed by atoms with van der Waals surface area (Å²) in [5.74, 6) is 1.40. The molecule has 5 heteroatoms. The van der Waals surface area contributed by atoms with Gasteiger partial charge in [-0.25, -0.2) is 0 Å². The first-order valence-corrected chi connectivity index (χ1v) is 9.92. The van der Waals surface area contributed by atoms with Gasteiger partial charge >= 0.3 is 0 Å². The molecule has 0 aliphatic carbocycles. The van der Waals surface area contributed by atoms with Crippen molar-refractivity contribution >= 4 is 34.5 Å². The lowest BCUT2D eigenvalue weighted by molar-refractivity contribution is 0.0936. The first-order chi connectivity index (χ1) is 11.3. The monoisotopic (exact) mass is 415 g/mol. The molecule has 0 unspecified atom stereocenters. The largest absolute Gasteiger partial charge is 0.461 e. The summed E-state index contributed by atoms with van der Waals surface area (Å²) in [5.41, 5.74) is 0. The summed E-state index contributed by atoms with van der Waals surface area (Å²) in [6.45, 7) is 2.68. The van der Waals surface area contributed by atoms with Crippen molar-refractivity contribution in [2.24, 2.45) is 0 Å². The van der Waals surface area contributed by atoms with E-state index in [4.69, 9.17) is 4.42 Å². The number of carbonyl (C=O) groups is 1. The molecule has 1 aliphatic heterocycles. The van der Waals surface area contributed by atoms with Gasteiger partial charge in [-0.15, -0.1) is 28.7 Å². The van der Waals surface area contributed by atoms with Crippen LogP contribution < -0.4 is 0 Å². The Labute approximate surface area is 161 Å². The minimum absolute atomic E-state index is 0. The Kier molecular flexibility index (Phi) is 11.3. The Hall–Kier alpha value is -0.680. The van der Waals surface area contributed by atoms with Gasteiger partial charge in [0.2, 0.25) is 5.78 Å². The van der Waals surface area contributed by atoms with Crippen molar-refractivity contribution in [2.45, 2.75) is 64.7 Å². The summed E-state index contributed by atoms with van der Waals surface area (Å²) in [6.07, 6.45) is 15.7. The van der Waals surface area contributed by atoms with Crippen LogP contribution in [0.25, 0.3) is 0 Å². The molecular weight excluding hydrogens is 386 g/mol. The molecule has 0 bridgehead atoms. The summed E-state index contributed by atoms with van der Waals surface area (Å²) in [5, 5.41) is 0. The zero-order chi connectivity index (χ0) is 16.3. The molecule has 0 saturated carbocycles. The third-order valence-electron chi connectivity index (χ3n) is 4.16. The van der Waals surface area contributed by atoms with E-state index in [0.29, 0.717) is 12.3 Å². The maximum absolute atomic E-state index is 12.0. The molecule has 2 heterocycles. The number of unbranched alkanes of at least 4 members (excludes halogenated alkanes) is 7. The molecule has 0 N–H and O–H groups in total. The van der Waals surface area contributed by atoms with E-state index in [-0.39, 0.29) is 22.8 Å². The van der Waals surface area contributed by atoms with Crippen molar-refractivity contribution in [1.29, 1.82) is 0 Å². The van der Waals surface area contributed by atoms with Crippen LogP contribution in [0.4, 0.5) is 0 Å². The van der Waals surface area contributed by atoms with Crippen molar-refractivity contribution in [3.8, 4) is 0 Å². The molecule has 1 aliphatic rings. The second-order valence-corrected chi connectivity index (χ2v) is 7.31. The van der Waals surface area contributed by atoms with Crippen LogP contribution in [-0.4, -0.2) is 23.1 Å². The first kappa shape index (κ1) is 21.4. The van der Waals surface area contributed by atoms with E-state index in [1.54, 1.807) is 18.4 Å². The van der Waals surface area contributed by atoms with E-state index in [2.05, 4.69) is 18.0 Å². The molecule has 24 heavy (non-hydrogen) atoms. The Morgan fingerprint density at radius 3 is 2.54 bits per heavy atom. The van der Waals surface area contributed by atoms with E-state index in [9.17, 15) is 4.79 Å². The average molecular weight is 416 g/mol. The quantitative estimate of drug-likeness (QED) is 0.291. The number of halogens is 1. The summed E-state index contributed by atoms with van der Waals surface area (Å²) in [6, 6.07) is 3.49. The van der Waals surface area contributed by atoms with Crippen molar-refractivity contribution < 1.29 is 9.21 Å². The van der Waals surface area contributed by atoms with E-state index in [0.717, 1.165) is 12.3 Å². The zero-order valence-electron chi connectivity index (χ0n) is 14.7. The van der Waals surface area contributed by atoms with Gasteiger partial charge in [0, 0.05) is 11.1 Å². The van der Waals surface area contributed by atoms with Gasteiger partial charge in [-0.3, -0.25) is 4.79 Å². The normalized spacial score (nSPS) is 13.7. The van der Waals surface area contributed by atoms with Gasteiger partial charge in [-0.2, -0.15) is 0 Å². The number of rotatable bonds is 12. The third-order valence-corrected chi connectivity index (χ3v) is 5.30. The van der Waals surface area contributed by atoms with Crippen LogP contribution in [0.5, 0.6) is 0 Å². The fourth-order valence-corrected chi connectivity index (χ4v) is 3.81. The van der Waals surface area contributed by atoms with Crippen molar-refractivity contribution in [3.05, 3.63) is 35.3 Å². The molecular formula is C19H30BrNO2S. The van der Waals surface area contributed by atoms with Crippen molar-refractivity contribution in [2.75, 3.05) is 12.4 Å². The average Bonchev–Trinajstić information content (AvgIpc) is 3.21. The summed E-state index contributed by atoms with van der Waals surface area (Å²) >= 11 is 1.87. The number of carbonyl (C=O) groups excluding carboxylic acids is 1. The van der Waals surface area contributed by atoms with Gasteiger partial charge in [0.1, 0.15) is 0 Å². The second kappa shape index (κ2) is 12.6. The fourth-order valence-electron chi connectivity index (χ4n) is 2.80. The van der Waals surface area contributed by atoms with Crippen molar-refractivity contribution in [3.63, 3.8) is 0 Å². The topological polar surface area (TPSA) is 33.5 Å². The molecule has 3 nitrogen and oxygen atoms in total. The van der Waals surface area contributed by atoms with Crippen LogP contribution in [0.3, 0.4) is 0 Å². The van der Waals surface area contributed by atoms with Crippen LogP contribution >= 0.6 is 28.7 Å². The highest BCUT2D eigenvalue weighted by Crippen LogP contribution is 2.30. The number of nitrogens with zero attached hydrogens (tertiary/aromatic N) is 1. The molecule has 1 aromatic rings. The predicted octanol–water partition coefficient (Wildman–Crippen LogP) is 6.42. The number of thioether (sulfide) groups is 1. The molecule has 2 rings (SSSR count). The van der Waals surface area contributed by atoms with Crippen LogP contribution in [0.2, 0.25) is 0 Å². The first-order valence-electron chi connectivity index (χ1n) is 8.94. The number of ketones is 1. The second-order valence-electron chi connectivity index (χ2n) is 6.24. The summed E-state index contributed by atoms with van der Waals surface area (Å²) in [7, 11) is 0. The standard InChI is InChI=1S/C19H29NO2S.BrH/c1-2-3-4-5-6-7-8-9-11-17-14-20(16-23-17)15-18(21)19-12-10-13-22-19;/h10,12-14H,2-9,11,15-16H2,1H3;1H. The van der Waals surface area contributed by atoms with Gasteiger partial charge in [-0.05, 0) is 25.0 Å². The Morgan fingerprint density at radius 1 is 1.17 bits per heavy atom. The van der Waals surface area contributed by atoms with Crippen LogP contribution in [0, 0.1) is 0 Å². The molecule has 1 aromatic heterocycles. The number of furan rings is 1. The number of allylic oxidation sites excluding steroid dienone is 1. The lowest BCUT2D eigenvalue weighted by Gasteiger charge is -2.11. The van der Waals surface area contributed by atoms with Gasteiger partial charge in [0.15, 0.2) is 5.76 Å². The molecule has 0 aromatic carbocycles. The number of Topliss-reactive ketones (excluding diaryl/α,β-unsaturated/α-hetero) is 1. The van der Waals surface area contributed by atoms with Crippen molar-refractivity contribution in [1.82, 2.24) is 4.90 Å². The van der Waals surface area contributed by atoms with Gasteiger partial charge in [0.05, 0.1) is 18.7 Å². The summed E-state index contributed by atoms with van der Waals surface area (Å²) < 4.78 is 5.16. The Bertz CT molecular complexity index is 488. The van der Waals surface area contributed by atoms with Gasteiger partial charge in [-0.1, -0.05) is 51.9 Å². The van der Waals surface area contributed by atoms with E-state index >= 15 is 0 Å². The third kappa shape index (κ3) is 7.93. The molecule has 0 spiro atoms. The highest BCUT2D eigenvalue weighted by Gasteiger charge is 2.17. The minimum Gasteiger partial charge on any atom is -0.461 e. The smallest absolute Gasteiger partial charge is 0.217 e. The SMILES string of the molecule is Br.CCCCCCCCCCC1=CN(CC(=O)c2ccco2)CS1. The molecule has 0 saturated heterocycles. The van der Waals surface area contributed by atoms with Gasteiger partial charge in [0.25, 0.3) is 0 Å². The number of hydrogen-bond donors (Lipinski definition) is 0. The van der Waals surface area contributed by atoms with E-state index in [1.165, 1.54) is 56.3 Å². The minimum atomic E-state index is 0. The number of hydrogen-bond acceptors (Lipinski definition) is 4. The highest BCUT2D eigenvalue weighted by molar-refractivity contribution is 8.93. The maximum Gasteiger partial charge on any atom is 0.217 e. The lowest BCUT2D eigenvalue weighted by Crippen LogP contribution is -2.22. The zero-order valence-corrected chi connectivity index (χ0v) is 17.2. The van der Waals surface area contributed by atoms with Gasteiger partial charge < -0.3 is 9.32 Å². The lowest BCUT2D eigenvalue weighted by atomic mass is 10.1. The van der Waals surface area contributed by atoms with E-state index in [1.807, 2.05) is 11.8 Å². The molecule has 136 valence electrons. The Morgan fingerprint density at radius 2 is 1.88 bits per heavy atom. The molecule has 0 fully saturated rings. The van der Waals surface area contributed by atoms with Crippen LogP contribution in [-0.2, 0) is 0 Å².